The van der Waals surface area contributed by atoms with Gasteiger partial charge in [-0.3, -0.25) is 4.79 Å². The van der Waals surface area contributed by atoms with Crippen LogP contribution in [-0.2, 0) is 11.2 Å². The average Bonchev–Trinajstić information content (AvgIpc) is 2.67. The molecule has 1 rings (SSSR count). The second-order valence-electron chi connectivity index (χ2n) is 4.83. The Bertz CT molecular complexity index is 315. The van der Waals surface area contributed by atoms with Crippen molar-refractivity contribution in [2.75, 3.05) is 0 Å². The molecule has 0 amide bonds. The minimum Gasteiger partial charge on any atom is -0.365 e. The molecule has 0 saturated carbocycles. The quantitative estimate of drug-likeness (QED) is 0.774. The van der Waals surface area contributed by atoms with Crippen LogP contribution in [0, 0.1) is 5.92 Å². The number of hydrogen-bond donors (Lipinski definition) is 2. The summed E-state index contributed by atoms with van der Waals surface area (Å²) >= 11 is 0. The van der Waals surface area contributed by atoms with Gasteiger partial charge in [0.2, 0.25) is 0 Å². The Kier molecular flexibility index (Phi) is 4.74. The van der Waals surface area contributed by atoms with E-state index in [4.69, 9.17) is 0 Å². The third-order valence-electron chi connectivity index (χ3n) is 2.53. The van der Waals surface area contributed by atoms with Crippen molar-refractivity contribution in [3.05, 3.63) is 24.0 Å². The first-order chi connectivity index (χ1) is 7.50. The number of carbonyl (C=O) groups excluding carboxylic acids is 1. The standard InChI is InChI=1S/C13H22N2O/c1-9(2)13(16)12(15-10(3)4)8-11-6-5-7-14-11/h5-7,9-10,12,14-15H,8H2,1-4H3. The molecule has 0 aliphatic carbocycles. The van der Waals surface area contributed by atoms with Crippen LogP contribution in [0.3, 0.4) is 0 Å². The van der Waals surface area contributed by atoms with Gasteiger partial charge < -0.3 is 10.3 Å². The summed E-state index contributed by atoms with van der Waals surface area (Å²) < 4.78 is 0. The minimum atomic E-state index is -0.0846. The lowest BCUT2D eigenvalue weighted by Gasteiger charge is -2.21. The molecule has 3 heteroatoms. The summed E-state index contributed by atoms with van der Waals surface area (Å²) in [6.07, 6.45) is 2.63. The topological polar surface area (TPSA) is 44.9 Å². The number of hydrogen-bond acceptors (Lipinski definition) is 2. The van der Waals surface area contributed by atoms with Gasteiger partial charge in [-0.15, -0.1) is 0 Å². The Morgan fingerprint density at radius 2 is 2.06 bits per heavy atom. The van der Waals surface area contributed by atoms with Crippen molar-refractivity contribution in [1.29, 1.82) is 0 Å². The van der Waals surface area contributed by atoms with Crippen LogP contribution in [0.5, 0.6) is 0 Å². The number of carbonyl (C=O) groups is 1. The number of aromatic amines is 1. The number of Topliss-reactive ketones (excluding diaryl/α,β-unsaturated/α-hetero) is 1. The van der Waals surface area contributed by atoms with Gasteiger partial charge in [0.1, 0.15) is 0 Å². The molecule has 0 radical (unpaired) electrons. The Labute approximate surface area is 97.6 Å². The Morgan fingerprint density at radius 3 is 2.50 bits per heavy atom. The molecule has 0 aliphatic rings. The average molecular weight is 222 g/mol. The van der Waals surface area contributed by atoms with Crippen LogP contribution in [0.1, 0.15) is 33.4 Å². The lowest BCUT2D eigenvalue weighted by Crippen LogP contribution is -2.44. The molecule has 0 saturated heterocycles. The number of aromatic nitrogens is 1. The maximum absolute atomic E-state index is 12.0. The molecule has 3 nitrogen and oxygen atoms in total. The monoisotopic (exact) mass is 222 g/mol. The zero-order chi connectivity index (χ0) is 12.1. The predicted octanol–water partition coefficient (Wildman–Crippen LogP) is 2.15. The van der Waals surface area contributed by atoms with E-state index in [0.717, 1.165) is 12.1 Å². The molecule has 1 aromatic rings. The van der Waals surface area contributed by atoms with E-state index in [1.165, 1.54) is 0 Å². The summed E-state index contributed by atoms with van der Waals surface area (Å²) in [6, 6.07) is 4.21. The van der Waals surface area contributed by atoms with E-state index in [2.05, 4.69) is 24.1 Å². The third-order valence-corrected chi connectivity index (χ3v) is 2.53. The Hall–Kier alpha value is -1.09. The highest BCUT2D eigenvalue weighted by Crippen LogP contribution is 2.07. The number of nitrogens with one attached hydrogen (secondary N) is 2. The van der Waals surface area contributed by atoms with Gasteiger partial charge in [-0.2, -0.15) is 0 Å². The fourth-order valence-electron chi connectivity index (χ4n) is 1.76. The van der Waals surface area contributed by atoms with Crippen molar-refractivity contribution in [2.24, 2.45) is 5.92 Å². The van der Waals surface area contributed by atoms with Gasteiger partial charge in [-0.05, 0) is 12.1 Å². The van der Waals surface area contributed by atoms with E-state index < -0.39 is 0 Å². The summed E-state index contributed by atoms with van der Waals surface area (Å²) in [7, 11) is 0. The van der Waals surface area contributed by atoms with Gasteiger partial charge in [-0.1, -0.05) is 27.7 Å². The van der Waals surface area contributed by atoms with E-state index in [9.17, 15) is 4.79 Å². The summed E-state index contributed by atoms with van der Waals surface area (Å²) in [5, 5.41) is 3.33. The largest absolute Gasteiger partial charge is 0.365 e. The molecule has 0 aromatic carbocycles. The molecular weight excluding hydrogens is 200 g/mol. The van der Waals surface area contributed by atoms with Crippen molar-refractivity contribution in [3.8, 4) is 0 Å². The molecule has 16 heavy (non-hydrogen) atoms. The highest BCUT2D eigenvalue weighted by atomic mass is 16.1. The van der Waals surface area contributed by atoms with Gasteiger partial charge in [0.15, 0.2) is 5.78 Å². The smallest absolute Gasteiger partial charge is 0.152 e. The van der Waals surface area contributed by atoms with E-state index >= 15 is 0 Å². The molecule has 1 unspecified atom stereocenters. The van der Waals surface area contributed by atoms with Gasteiger partial charge in [0, 0.05) is 30.3 Å². The molecular formula is C13H22N2O. The number of rotatable bonds is 6. The second kappa shape index (κ2) is 5.85. The zero-order valence-corrected chi connectivity index (χ0v) is 10.6. The van der Waals surface area contributed by atoms with Gasteiger partial charge in [0.05, 0.1) is 6.04 Å². The van der Waals surface area contributed by atoms with E-state index in [0.29, 0.717) is 6.04 Å². The Balaban J connectivity index is 2.67. The summed E-state index contributed by atoms with van der Waals surface area (Å²) in [6.45, 7) is 8.03. The van der Waals surface area contributed by atoms with Crippen LogP contribution < -0.4 is 5.32 Å². The number of ketones is 1. The Morgan fingerprint density at radius 1 is 1.38 bits per heavy atom. The van der Waals surface area contributed by atoms with Crippen LogP contribution in [0.2, 0.25) is 0 Å². The molecule has 0 spiro atoms. The van der Waals surface area contributed by atoms with Gasteiger partial charge in [0.25, 0.3) is 0 Å². The molecule has 2 N–H and O–H groups in total. The number of H-pyrrole nitrogens is 1. The molecule has 90 valence electrons. The fraction of sp³-hybridized carbons (Fsp3) is 0.615. The maximum atomic E-state index is 12.0. The van der Waals surface area contributed by atoms with Crippen LogP contribution in [0.25, 0.3) is 0 Å². The predicted molar refractivity (Wildman–Crippen MR) is 66.4 cm³/mol. The van der Waals surface area contributed by atoms with Crippen molar-refractivity contribution in [3.63, 3.8) is 0 Å². The fourth-order valence-corrected chi connectivity index (χ4v) is 1.76. The van der Waals surface area contributed by atoms with Crippen LogP contribution in [-0.4, -0.2) is 22.9 Å². The molecule has 1 aromatic heterocycles. The molecule has 1 heterocycles. The normalized spacial score (nSPS) is 13.4. The lowest BCUT2D eigenvalue weighted by molar-refractivity contribution is -0.124. The minimum absolute atomic E-state index is 0.0752. The van der Waals surface area contributed by atoms with Crippen molar-refractivity contribution >= 4 is 5.78 Å². The van der Waals surface area contributed by atoms with Gasteiger partial charge >= 0.3 is 0 Å². The van der Waals surface area contributed by atoms with Crippen LogP contribution in [0.15, 0.2) is 18.3 Å². The van der Waals surface area contributed by atoms with E-state index in [1.807, 2.05) is 32.2 Å². The van der Waals surface area contributed by atoms with E-state index in [1.54, 1.807) is 0 Å². The first-order valence-electron chi connectivity index (χ1n) is 5.92. The van der Waals surface area contributed by atoms with Crippen molar-refractivity contribution in [1.82, 2.24) is 10.3 Å². The second-order valence-corrected chi connectivity index (χ2v) is 4.83. The molecule has 0 aliphatic heterocycles. The molecule has 0 fully saturated rings. The van der Waals surface area contributed by atoms with E-state index in [-0.39, 0.29) is 17.7 Å². The van der Waals surface area contributed by atoms with Crippen molar-refractivity contribution in [2.45, 2.75) is 46.2 Å². The summed E-state index contributed by atoms with van der Waals surface area (Å²) in [4.78, 5) is 15.2. The summed E-state index contributed by atoms with van der Waals surface area (Å²) in [5.74, 6) is 0.356. The zero-order valence-electron chi connectivity index (χ0n) is 10.6. The first-order valence-corrected chi connectivity index (χ1v) is 5.92. The highest BCUT2D eigenvalue weighted by molar-refractivity contribution is 5.86. The van der Waals surface area contributed by atoms with Gasteiger partial charge in [-0.25, -0.2) is 0 Å². The maximum Gasteiger partial charge on any atom is 0.152 e. The first kappa shape index (κ1) is 13.0. The lowest BCUT2D eigenvalue weighted by atomic mass is 9.97. The molecule has 1 atom stereocenters. The van der Waals surface area contributed by atoms with Crippen molar-refractivity contribution < 1.29 is 4.79 Å². The van der Waals surface area contributed by atoms with Crippen LogP contribution >= 0.6 is 0 Å². The molecule has 0 bridgehead atoms. The summed E-state index contributed by atoms with van der Waals surface area (Å²) in [5.41, 5.74) is 1.10. The SMILES string of the molecule is CC(C)NC(Cc1ccc[nH]1)C(=O)C(C)C. The highest BCUT2D eigenvalue weighted by Gasteiger charge is 2.22. The third kappa shape index (κ3) is 3.81. The van der Waals surface area contributed by atoms with Crippen LogP contribution in [0.4, 0.5) is 0 Å².